The molecule has 7 nitrogen and oxygen atoms in total. The highest BCUT2D eigenvalue weighted by molar-refractivity contribution is 7.80. The van der Waals surface area contributed by atoms with E-state index in [1.54, 1.807) is 10.6 Å². The van der Waals surface area contributed by atoms with Crippen LogP contribution in [-0.4, -0.2) is 26.1 Å². The second-order valence-electron chi connectivity index (χ2n) is 7.96. The van der Waals surface area contributed by atoms with Gasteiger partial charge >= 0.3 is 5.69 Å². The summed E-state index contributed by atoms with van der Waals surface area (Å²) in [6.45, 7) is 0.759. The first kappa shape index (κ1) is 25.6. The lowest BCUT2D eigenvalue weighted by atomic mass is 10.1. The van der Waals surface area contributed by atoms with E-state index in [0.717, 1.165) is 36.2 Å². The first-order valence-electron chi connectivity index (χ1n) is 11.2. The van der Waals surface area contributed by atoms with Gasteiger partial charge in [0.15, 0.2) is 5.11 Å². The van der Waals surface area contributed by atoms with Crippen LogP contribution in [-0.2, 0) is 13.0 Å². The van der Waals surface area contributed by atoms with E-state index in [2.05, 4.69) is 28.5 Å². The third kappa shape index (κ3) is 5.65. The summed E-state index contributed by atoms with van der Waals surface area (Å²) in [5.74, 6) is 3.51. The molecular formula is C26H23Cl2N5O2S. The summed E-state index contributed by atoms with van der Waals surface area (Å²) in [4.78, 5) is 12.5. The number of halogens is 2. The van der Waals surface area contributed by atoms with Crippen molar-refractivity contribution >= 4 is 57.0 Å². The third-order valence-electron chi connectivity index (χ3n) is 5.56. The summed E-state index contributed by atoms with van der Waals surface area (Å²) < 4.78 is 8.34. The van der Waals surface area contributed by atoms with Crippen LogP contribution in [0, 0.1) is 12.3 Å². The van der Waals surface area contributed by atoms with Crippen molar-refractivity contribution in [3.05, 3.63) is 81.0 Å². The molecule has 10 heteroatoms. The van der Waals surface area contributed by atoms with Crippen molar-refractivity contribution in [2.45, 2.75) is 25.8 Å². The van der Waals surface area contributed by atoms with E-state index < -0.39 is 0 Å². The van der Waals surface area contributed by atoms with Crippen LogP contribution in [0.1, 0.15) is 18.7 Å². The number of hydrogen-bond acceptors (Lipinski definition) is 4. The van der Waals surface area contributed by atoms with E-state index in [1.807, 2.05) is 30.3 Å². The number of fused-ring (bicyclic) bond motifs is 2. The van der Waals surface area contributed by atoms with Crippen molar-refractivity contribution in [3.63, 3.8) is 0 Å². The normalized spacial score (nSPS) is 12.1. The van der Waals surface area contributed by atoms with Crippen LogP contribution in [0.25, 0.3) is 16.5 Å². The Hall–Kier alpha value is -3.51. The summed E-state index contributed by atoms with van der Waals surface area (Å²) in [6, 6.07) is 17.2. The van der Waals surface area contributed by atoms with Gasteiger partial charge in [-0.25, -0.2) is 4.79 Å². The zero-order chi connectivity index (χ0) is 25.7. The van der Waals surface area contributed by atoms with Gasteiger partial charge in [0.2, 0.25) is 0 Å². The minimum absolute atomic E-state index is 0.0788. The van der Waals surface area contributed by atoms with Gasteiger partial charge in [0.1, 0.15) is 18.2 Å². The monoisotopic (exact) mass is 539 g/mol. The van der Waals surface area contributed by atoms with Gasteiger partial charge in [0.05, 0.1) is 15.7 Å². The molecule has 0 radical (unpaired) electrons. The van der Waals surface area contributed by atoms with Gasteiger partial charge in [0.25, 0.3) is 0 Å². The zero-order valence-corrected chi connectivity index (χ0v) is 21.5. The van der Waals surface area contributed by atoms with E-state index >= 15 is 0 Å². The first-order valence-corrected chi connectivity index (χ1v) is 12.3. The van der Waals surface area contributed by atoms with Crippen molar-refractivity contribution in [1.82, 2.24) is 14.3 Å². The highest BCUT2D eigenvalue weighted by Gasteiger charge is 2.20. The average Bonchev–Trinajstić information content (AvgIpc) is 3.20. The van der Waals surface area contributed by atoms with Gasteiger partial charge in [-0.1, -0.05) is 65.5 Å². The Labute approximate surface area is 223 Å². The van der Waals surface area contributed by atoms with E-state index in [0.29, 0.717) is 33.1 Å². The molecule has 3 N–H and O–H groups in total. The number of aromatic nitrogens is 3. The molecule has 4 aromatic rings. The molecule has 0 saturated carbocycles. The number of ether oxygens (including phenoxy) is 1. The molecule has 0 spiro atoms. The van der Waals surface area contributed by atoms with Crippen LogP contribution in [0.2, 0.25) is 10.0 Å². The molecule has 2 heterocycles. The van der Waals surface area contributed by atoms with Crippen LogP contribution >= 0.6 is 35.4 Å². The van der Waals surface area contributed by atoms with E-state index in [9.17, 15) is 4.79 Å². The predicted octanol–water partition coefficient (Wildman–Crippen LogP) is 5.18. The standard InChI is InChI=1S/C15H13Cl2N3O2.C11H10N2S/c1-2-7-22-13-9-12(10(16)8-11(13)17)20-15(21)19-6-4-3-5-14(19)18-20;12-11(14)13-10-7-3-5-8-4-1-2-6-9(8)10/h1,8-9H,3-7H2;1-7H,(H3,12,13,14). The van der Waals surface area contributed by atoms with Crippen molar-refractivity contribution in [2.75, 3.05) is 11.9 Å². The lowest BCUT2D eigenvalue weighted by Crippen LogP contribution is -2.26. The van der Waals surface area contributed by atoms with Crippen molar-refractivity contribution in [3.8, 4) is 23.8 Å². The molecule has 1 aliphatic heterocycles. The van der Waals surface area contributed by atoms with Crippen LogP contribution in [0.15, 0.2) is 59.4 Å². The number of thiocarbonyl (C=S) groups is 1. The van der Waals surface area contributed by atoms with Crippen LogP contribution in [0.3, 0.4) is 0 Å². The Morgan fingerprint density at radius 1 is 1.17 bits per heavy atom. The number of nitrogens with one attached hydrogen (secondary N) is 1. The molecule has 184 valence electrons. The molecule has 1 aromatic heterocycles. The highest BCUT2D eigenvalue weighted by Crippen LogP contribution is 2.32. The molecule has 3 aromatic carbocycles. The smallest absolute Gasteiger partial charge is 0.350 e. The summed E-state index contributed by atoms with van der Waals surface area (Å²) in [6.07, 6.45) is 7.97. The maximum atomic E-state index is 12.5. The highest BCUT2D eigenvalue weighted by atomic mass is 35.5. The lowest BCUT2D eigenvalue weighted by Gasteiger charge is -2.09. The fourth-order valence-corrected chi connectivity index (χ4v) is 4.56. The Balaban J connectivity index is 0.000000187. The molecule has 0 fully saturated rings. The van der Waals surface area contributed by atoms with E-state index in [1.165, 1.54) is 16.1 Å². The molecule has 0 atom stereocenters. The minimum Gasteiger partial charge on any atom is -0.479 e. The second-order valence-corrected chi connectivity index (χ2v) is 9.22. The molecule has 0 bridgehead atoms. The number of nitrogens with two attached hydrogens (primary N) is 1. The first-order chi connectivity index (χ1) is 17.4. The van der Waals surface area contributed by atoms with E-state index in [4.69, 9.17) is 52.3 Å². The summed E-state index contributed by atoms with van der Waals surface area (Å²) >= 11 is 17.1. The molecule has 0 aliphatic carbocycles. The van der Waals surface area contributed by atoms with Gasteiger partial charge in [0, 0.05) is 30.1 Å². The minimum atomic E-state index is -0.207. The third-order valence-corrected chi connectivity index (χ3v) is 6.26. The molecule has 1 aliphatic rings. The SMILES string of the molecule is C#CCOc1cc(-n2nc3n(c2=O)CCCC3)c(Cl)cc1Cl.NC(=S)Nc1cccc2ccccc12. The quantitative estimate of drug-likeness (QED) is 0.274. The van der Waals surface area contributed by atoms with Gasteiger partial charge in [-0.15, -0.1) is 11.5 Å². The number of anilines is 1. The van der Waals surface area contributed by atoms with Crippen LogP contribution in [0.5, 0.6) is 5.75 Å². The summed E-state index contributed by atoms with van der Waals surface area (Å²) in [7, 11) is 0. The Kier molecular flexibility index (Phi) is 8.16. The number of hydrogen-bond donors (Lipinski definition) is 2. The maximum Gasteiger partial charge on any atom is 0.350 e. The Morgan fingerprint density at radius 2 is 1.94 bits per heavy atom. The van der Waals surface area contributed by atoms with Gasteiger partial charge in [-0.05, 0) is 42.6 Å². The zero-order valence-electron chi connectivity index (χ0n) is 19.2. The number of nitrogens with zero attached hydrogens (tertiary/aromatic N) is 3. The Morgan fingerprint density at radius 3 is 2.69 bits per heavy atom. The topological polar surface area (TPSA) is 87.1 Å². The van der Waals surface area contributed by atoms with Gasteiger partial charge in [-0.3, -0.25) is 4.57 Å². The predicted molar refractivity (Wildman–Crippen MR) is 149 cm³/mol. The largest absolute Gasteiger partial charge is 0.479 e. The molecular weight excluding hydrogens is 517 g/mol. The van der Waals surface area contributed by atoms with Crippen LogP contribution < -0.4 is 21.5 Å². The van der Waals surface area contributed by atoms with Gasteiger partial charge < -0.3 is 15.8 Å². The molecule has 36 heavy (non-hydrogen) atoms. The lowest BCUT2D eigenvalue weighted by molar-refractivity contribution is 0.370. The number of terminal acetylenes is 1. The summed E-state index contributed by atoms with van der Waals surface area (Å²) in [5.41, 5.74) is 6.62. The molecule has 0 saturated heterocycles. The van der Waals surface area contributed by atoms with Gasteiger partial charge in [-0.2, -0.15) is 4.68 Å². The Bertz CT molecular complexity index is 1520. The fourth-order valence-electron chi connectivity index (χ4n) is 3.93. The fraction of sp³-hybridized carbons (Fsp3) is 0.192. The average molecular weight is 540 g/mol. The number of rotatable bonds is 4. The van der Waals surface area contributed by atoms with Crippen molar-refractivity contribution in [1.29, 1.82) is 0 Å². The number of aryl methyl sites for hydroxylation is 1. The second kappa shape index (κ2) is 11.5. The summed E-state index contributed by atoms with van der Waals surface area (Å²) in [5, 5.41) is 10.6. The van der Waals surface area contributed by atoms with E-state index in [-0.39, 0.29) is 12.3 Å². The van der Waals surface area contributed by atoms with Crippen molar-refractivity contribution < 1.29 is 4.74 Å². The molecule has 0 amide bonds. The van der Waals surface area contributed by atoms with Crippen LogP contribution in [0.4, 0.5) is 5.69 Å². The number of benzene rings is 3. The molecule has 5 rings (SSSR count). The molecule has 0 unspecified atom stereocenters. The maximum absolute atomic E-state index is 12.5. The van der Waals surface area contributed by atoms with Crippen molar-refractivity contribution in [2.24, 2.45) is 5.73 Å².